The predicted octanol–water partition coefficient (Wildman–Crippen LogP) is 0.0418. The molecule has 0 aromatic heterocycles. The summed E-state index contributed by atoms with van der Waals surface area (Å²) < 4.78 is 9.98. The first kappa shape index (κ1) is 21.6. The van der Waals surface area contributed by atoms with Crippen molar-refractivity contribution in [2.45, 2.75) is 51.3 Å². The van der Waals surface area contributed by atoms with E-state index in [0.717, 1.165) is 0 Å². The van der Waals surface area contributed by atoms with Crippen LogP contribution in [-0.4, -0.2) is 70.5 Å². The molecular weight excluding hydrogens is 324 g/mol. The Morgan fingerprint density at radius 3 is 1.96 bits per heavy atom. The smallest absolute Gasteiger partial charge is 0.414 e. The van der Waals surface area contributed by atoms with Crippen LogP contribution in [0, 0.1) is 0 Å². The molecule has 0 bridgehead atoms. The zero-order valence-electron chi connectivity index (χ0n) is 14.1. The van der Waals surface area contributed by atoms with Gasteiger partial charge in [0, 0.05) is 12.6 Å². The number of carbonyl (C=O) groups is 4. The fourth-order valence-corrected chi connectivity index (χ4v) is 1.90. The second-order valence-electron chi connectivity index (χ2n) is 6.12. The minimum atomic E-state index is -1.82. The fraction of sp³-hybridized carbons (Fsp3) is 0.714. The molecule has 0 aromatic rings. The number of esters is 1. The van der Waals surface area contributed by atoms with Crippen molar-refractivity contribution >= 4 is 24.0 Å². The Morgan fingerprint density at radius 2 is 1.58 bits per heavy atom. The molecule has 1 fully saturated rings. The maximum absolute atomic E-state index is 12.0. The molecule has 1 aliphatic heterocycles. The van der Waals surface area contributed by atoms with E-state index in [2.05, 4.69) is 0 Å². The number of hydrogen-bond acceptors (Lipinski definition) is 7. The van der Waals surface area contributed by atoms with Crippen LogP contribution in [0.25, 0.3) is 0 Å². The number of carboxylic acids is 2. The van der Waals surface area contributed by atoms with Gasteiger partial charge >= 0.3 is 24.0 Å². The van der Waals surface area contributed by atoms with E-state index in [0.29, 0.717) is 19.4 Å². The van der Waals surface area contributed by atoms with Crippen LogP contribution in [0.1, 0.15) is 33.6 Å². The lowest BCUT2D eigenvalue weighted by molar-refractivity contribution is -0.159. The zero-order chi connectivity index (χ0) is 19.1. The average molecular weight is 348 g/mol. The topological polar surface area (TPSA) is 156 Å². The van der Waals surface area contributed by atoms with Crippen LogP contribution < -0.4 is 5.73 Å². The number of carboxylic acid groups (broad SMARTS) is 2. The number of nitrogens with zero attached hydrogens (tertiary/aromatic N) is 1. The summed E-state index contributed by atoms with van der Waals surface area (Å²) in [6.45, 7) is 5.65. The molecule has 1 amide bonds. The third kappa shape index (κ3) is 7.77. The number of likely N-dealkylation sites (tertiary alicyclic amines) is 1. The molecule has 10 nitrogen and oxygen atoms in total. The van der Waals surface area contributed by atoms with Gasteiger partial charge in [-0.05, 0) is 33.6 Å². The van der Waals surface area contributed by atoms with Gasteiger partial charge in [-0.3, -0.25) is 4.90 Å². The molecule has 10 heteroatoms. The lowest BCUT2D eigenvalue weighted by Crippen LogP contribution is -2.55. The molecule has 138 valence electrons. The highest BCUT2D eigenvalue weighted by molar-refractivity contribution is 6.27. The van der Waals surface area contributed by atoms with Gasteiger partial charge in [0.15, 0.2) is 0 Å². The molecule has 1 rings (SSSR count). The van der Waals surface area contributed by atoms with Crippen LogP contribution in [0.2, 0.25) is 0 Å². The number of nitrogens with two attached hydrogens (primary N) is 1. The van der Waals surface area contributed by atoms with E-state index in [1.54, 1.807) is 20.8 Å². The largest absolute Gasteiger partial charge is 0.473 e. The van der Waals surface area contributed by atoms with Crippen LogP contribution in [-0.2, 0) is 23.9 Å². The van der Waals surface area contributed by atoms with Gasteiger partial charge in [0.1, 0.15) is 11.6 Å². The van der Waals surface area contributed by atoms with Crippen molar-refractivity contribution in [1.82, 2.24) is 4.90 Å². The monoisotopic (exact) mass is 348 g/mol. The van der Waals surface area contributed by atoms with E-state index in [-0.39, 0.29) is 6.04 Å². The summed E-state index contributed by atoms with van der Waals surface area (Å²) in [5.74, 6) is -4.07. The molecule has 2 atom stereocenters. The van der Waals surface area contributed by atoms with Crippen molar-refractivity contribution < 1.29 is 38.9 Å². The minimum Gasteiger partial charge on any atom is -0.473 e. The van der Waals surface area contributed by atoms with E-state index < -0.39 is 35.6 Å². The third-order valence-electron chi connectivity index (χ3n) is 2.90. The maximum Gasteiger partial charge on any atom is 0.414 e. The molecule has 0 unspecified atom stereocenters. The Kier molecular flexibility index (Phi) is 8.17. The summed E-state index contributed by atoms with van der Waals surface area (Å²) in [4.78, 5) is 43.2. The van der Waals surface area contributed by atoms with Gasteiger partial charge < -0.3 is 25.4 Å². The van der Waals surface area contributed by atoms with E-state index in [1.165, 1.54) is 12.0 Å². The molecule has 0 radical (unpaired) electrons. The molecule has 1 aliphatic rings. The quantitative estimate of drug-likeness (QED) is 0.439. The number of methoxy groups -OCH3 is 1. The number of rotatable bonds is 1. The summed E-state index contributed by atoms with van der Waals surface area (Å²) in [6.07, 6.45) is 0.680. The van der Waals surface area contributed by atoms with Crippen LogP contribution in [0.15, 0.2) is 0 Å². The van der Waals surface area contributed by atoms with Gasteiger partial charge in [0.25, 0.3) is 0 Å². The first-order valence-corrected chi connectivity index (χ1v) is 7.18. The molecule has 1 heterocycles. The Labute approximate surface area is 139 Å². The van der Waals surface area contributed by atoms with Crippen molar-refractivity contribution in [3.63, 3.8) is 0 Å². The highest BCUT2D eigenvalue weighted by Gasteiger charge is 2.37. The predicted molar refractivity (Wildman–Crippen MR) is 81.2 cm³/mol. The number of ether oxygens (including phenoxy) is 2. The number of piperidine rings is 1. The molecule has 4 N–H and O–H groups in total. The first-order valence-electron chi connectivity index (χ1n) is 7.18. The Balaban J connectivity index is 0.000000754. The van der Waals surface area contributed by atoms with Gasteiger partial charge in [-0.15, -0.1) is 0 Å². The number of carbonyl (C=O) groups excluding carboxylic acids is 2. The maximum atomic E-state index is 12.0. The molecule has 0 saturated carbocycles. The molecule has 0 spiro atoms. The van der Waals surface area contributed by atoms with Crippen molar-refractivity contribution in [1.29, 1.82) is 0 Å². The van der Waals surface area contributed by atoms with E-state index in [4.69, 9.17) is 35.0 Å². The normalized spacial score (nSPS) is 20.3. The Hall–Kier alpha value is -2.36. The van der Waals surface area contributed by atoms with Gasteiger partial charge in [-0.1, -0.05) is 0 Å². The van der Waals surface area contributed by atoms with E-state index in [1.807, 2.05) is 0 Å². The van der Waals surface area contributed by atoms with E-state index >= 15 is 0 Å². The van der Waals surface area contributed by atoms with Crippen LogP contribution in [0.4, 0.5) is 4.79 Å². The van der Waals surface area contributed by atoms with Gasteiger partial charge in [0.2, 0.25) is 0 Å². The standard InChI is InChI=1S/C12H22N2O4.C2H2O4/c1-12(2,3)18-11(16)14-7-8(13)5-6-9(14)10(15)17-4;3-1(4)2(5)6/h8-9H,5-7,13H2,1-4H3;(H,3,4)(H,5,6)/t8-,9-;/m1./s1. The summed E-state index contributed by atoms with van der Waals surface area (Å²) in [5, 5.41) is 14.8. The second-order valence-corrected chi connectivity index (χ2v) is 6.12. The Bertz CT molecular complexity index is 474. The highest BCUT2D eigenvalue weighted by atomic mass is 16.6. The molecule has 1 saturated heterocycles. The molecule has 0 aromatic carbocycles. The summed E-state index contributed by atoms with van der Waals surface area (Å²) in [5.41, 5.74) is 5.23. The molecule has 0 aliphatic carbocycles. The van der Waals surface area contributed by atoms with E-state index in [9.17, 15) is 9.59 Å². The van der Waals surface area contributed by atoms with Gasteiger partial charge in [0.05, 0.1) is 7.11 Å². The van der Waals surface area contributed by atoms with Gasteiger partial charge in [-0.2, -0.15) is 0 Å². The summed E-state index contributed by atoms with van der Waals surface area (Å²) in [6, 6.07) is -0.719. The van der Waals surface area contributed by atoms with Crippen molar-refractivity contribution in [2.75, 3.05) is 13.7 Å². The fourth-order valence-electron chi connectivity index (χ4n) is 1.90. The lowest BCUT2D eigenvalue weighted by atomic mass is 9.99. The molecule has 24 heavy (non-hydrogen) atoms. The summed E-state index contributed by atoms with van der Waals surface area (Å²) >= 11 is 0. The second kappa shape index (κ2) is 9.06. The number of hydrogen-bond donors (Lipinski definition) is 3. The van der Waals surface area contributed by atoms with Crippen LogP contribution >= 0.6 is 0 Å². The lowest BCUT2D eigenvalue weighted by Gasteiger charge is -2.37. The highest BCUT2D eigenvalue weighted by Crippen LogP contribution is 2.20. The number of aliphatic carboxylic acids is 2. The Morgan fingerprint density at radius 1 is 1.08 bits per heavy atom. The van der Waals surface area contributed by atoms with Crippen molar-refractivity contribution in [3.05, 3.63) is 0 Å². The SMILES string of the molecule is COC(=O)[C@H]1CC[C@@H](N)CN1C(=O)OC(C)(C)C.O=C(O)C(=O)O. The first-order chi connectivity index (χ1) is 10.9. The van der Waals surface area contributed by atoms with Gasteiger partial charge in [-0.25, -0.2) is 19.2 Å². The van der Waals surface area contributed by atoms with Crippen LogP contribution in [0.5, 0.6) is 0 Å². The van der Waals surface area contributed by atoms with Crippen LogP contribution in [0.3, 0.4) is 0 Å². The summed E-state index contributed by atoms with van der Waals surface area (Å²) in [7, 11) is 1.31. The zero-order valence-corrected chi connectivity index (χ0v) is 14.1. The van der Waals surface area contributed by atoms with Crippen molar-refractivity contribution in [3.8, 4) is 0 Å². The van der Waals surface area contributed by atoms with Crippen molar-refractivity contribution in [2.24, 2.45) is 5.73 Å². The third-order valence-corrected chi connectivity index (χ3v) is 2.90. The number of amides is 1. The molecular formula is C14H24N2O8. The minimum absolute atomic E-state index is 0.126. The average Bonchev–Trinajstić information content (AvgIpc) is 2.45.